The minimum absolute atomic E-state index is 0.0852. The molecule has 3 heterocycles. The van der Waals surface area contributed by atoms with Crippen LogP contribution in [0.25, 0.3) is 22.5 Å². The van der Waals surface area contributed by atoms with Crippen LogP contribution in [-0.4, -0.2) is 26.2 Å². The number of rotatable bonds is 3. The van der Waals surface area contributed by atoms with Gasteiger partial charge in [-0.3, -0.25) is 0 Å². The number of aliphatic hydroxyl groups is 1. The van der Waals surface area contributed by atoms with Gasteiger partial charge in [0.1, 0.15) is 11.6 Å². The van der Waals surface area contributed by atoms with E-state index in [0.29, 0.717) is 21.4 Å². The molecule has 0 atom stereocenters. The van der Waals surface area contributed by atoms with Gasteiger partial charge in [-0.05, 0) is 29.8 Å². The summed E-state index contributed by atoms with van der Waals surface area (Å²) in [6.07, 6.45) is 1.76. The van der Waals surface area contributed by atoms with Gasteiger partial charge in [0.2, 0.25) is 0 Å². The molecule has 0 fully saturated rings. The molecule has 2 N–H and O–H groups in total. The maximum Gasteiger partial charge on any atom is 0.251 e. The second-order valence-corrected chi connectivity index (χ2v) is 7.78. The topological polar surface area (TPSA) is 75.3 Å². The highest BCUT2D eigenvalue weighted by atomic mass is 35.5. The summed E-state index contributed by atoms with van der Waals surface area (Å²) in [6, 6.07) is 15.0. The van der Waals surface area contributed by atoms with Crippen molar-refractivity contribution in [2.75, 3.05) is 11.9 Å². The first-order chi connectivity index (χ1) is 14.6. The molecule has 0 radical (unpaired) electrons. The van der Waals surface area contributed by atoms with Crippen molar-refractivity contribution in [3.63, 3.8) is 0 Å². The lowest BCUT2D eigenvalue weighted by molar-refractivity contribution is 0.282. The fourth-order valence-corrected chi connectivity index (χ4v) is 4.05. The van der Waals surface area contributed by atoms with Crippen LogP contribution in [-0.2, 0) is 13.2 Å². The van der Waals surface area contributed by atoms with E-state index in [0.717, 1.165) is 47.0 Å². The average molecular weight is 438 g/mol. The van der Waals surface area contributed by atoms with E-state index < -0.39 is 0 Å². The van der Waals surface area contributed by atoms with E-state index >= 15 is 0 Å². The summed E-state index contributed by atoms with van der Waals surface area (Å²) in [6.45, 7) is 1.50. The van der Waals surface area contributed by atoms with Gasteiger partial charge in [-0.2, -0.15) is 4.98 Å². The van der Waals surface area contributed by atoms with Crippen LogP contribution in [0.15, 0.2) is 59.7 Å². The van der Waals surface area contributed by atoms with Crippen molar-refractivity contribution in [1.82, 2.24) is 14.5 Å². The Labute approximate surface area is 182 Å². The molecule has 6 nitrogen and oxygen atoms in total. The van der Waals surface area contributed by atoms with E-state index in [9.17, 15) is 5.11 Å². The van der Waals surface area contributed by atoms with Gasteiger partial charge in [0, 0.05) is 41.0 Å². The third kappa shape index (κ3) is 3.33. The fourth-order valence-electron chi connectivity index (χ4n) is 3.65. The summed E-state index contributed by atoms with van der Waals surface area (Å²) in [5, 5.41) is 14.0. The van der Waals surface area contributed by atoms with Crippen LogP contribution in [0.2, 0.25) is 10.0 Å². The predicted molar refractivity (Wildman–Crippen MR) is 118 cm³/mol. The Hall–Kier alpha value is -2.93. The lowest BCUT2D eigenvalue weighted by atomic mass is 10.0. The van der Waals surface area contributed by atoms with Gasteiger partial charge in [0.15, 0.2) is 0 Å². The maximum atomic E-state index is 9.37. The monoisotopic (exact) mass is 437 g/mol. The smallest absolute Gasteiger partial charge is 0.251 e. The summed E-state index contributed by atoms with van der Waals surface area (Å²) in [5.74, 6) is 1.76. The molecule has 2 aromatic rings. The number of nitrogens with zero attached hydrogens (tertiary/aromatic N) is 4. The van der Waals surface area contributed by atoms with Crippen LogP contribution in [0.5, 0.6) is 0 Å². The van der Waals surface area contributed by atoms with Crippen LogP contribution < -0.4 is 10.9 Å². The predicted octanol–water partition coefficient (Wildman–Crippen LogP) is 4.51. The number of aromatic nitrogens is 3. The first kappa shape index (κ1) is 19.1. The van der Waals surface area contributed by atoms with Crippen molar-refractivity contribution in [3.05, 3.63) is 76.0 Å². The molecule has 0 saturated carbocycles. The SMILES string of the molecule is OCc1ccc(Cl)c(N=c2ncc3cc(-c4ccccc4Cl)c4n(c-3n2)CCN4)c1. The number of benzene rings is 2. The number of aliphatic hydroxyl groups excluding tert-OH is 1. The van der Waals surface area contributed by atoms with Crippen molar-refractivity contribution in [1.29, 1.82) is 0 Å². The fraction of sp³-hybridized carbons (Fsp3) is 0.136. The third-order valence-corrected chi connectivity index (χ3v) is 5.72. The minimum Gasteiger partial charge on any atom is -0.392 e. The number of hydrogen-bond acceptors (Lipinski definition) is 5. The van der Waals surface area contributed by atoms with Crippen molar-refractivity contribution in [2.24, 2.45) is 4.99 Å². The summed E-state index contributed by atoms with van der Waals surface area (Å²) in [7, 11) is 0. The van der Waals surface area contributed by atoms with Gasteiger partial charge < -0.3 is 15.0 Å². The molecule has 30 heavy (non-hydrogen) atoms. The van der Waals surface area contributed by atoms with Crippen LogP contribution in [0.4, 0.5) is 11.5 Å². The van der Waals surface area contributed by atoms with E-state index in [2.05, 4.69) is 24.8 Å². The molecule has 2 aromatic carbocycles. The number of hydrogen-bond donors (Lipinski definition) is 2. The van der Waals surface area contributed by atoms with Gasteiger partial charge in [-0.15, -0.1) is 0 Å². The Bertz CT molecular complexity index is 1300. The van der Waals surface area contributed by atoms with E-state index in [-0.39, 0.29) is 6.61 Å². The van der Waals surface area contributed by atoms with E-state index in [1.54, 1.807) is 24.4 Å². The Balaban J connectivity index is 1.70. The Morgan fingerprint density at radius 3 is 2.77 bits per heavy atom. The highest BCUT2D eigenvalue weighted by Crippen LogP contribution is 2.39. The van der Waals surface area contributed by atoms with Crippen molar-refractivity contribution in [2.45, 2.75) is 13.2 Å². The van der Waals surface area contributed by atoms with Gasteiger partial charge >= 0.3 is 0 Å². The zero-order valence-electron chi connectivity index (χ0n) is 15.8. The van der Waals surface area contributed by atoms with Gasteiger partial charge in [-0.1, -0.05) is 47.5 Å². The first-order valence-electron chi connectivity index (χ1n) is 9.47. The number of pyridine rings is 1. The molecule has 0 aromatic heterocycles. The van der Waals surface area contributed by atoms with Gasteiger partial charge in [0.05, 0.1) is 17.3 Å². The minimum atomic E-state index is -0.0852. The van der Waals surface area contributed by atoms with Gasteiger partial charge in [0.25, 0.3) is 5.62 Å². The van der Waals surface area contributed by atoms with E-state index in [1.165, 1.54) is 0 Å². The van der Waals surface area contributed by atoms with Crippen LogP contribution >= 0.6 is 23.2 Å². The lowest BCUT2D eigenvalue weighted by Gasteiger charge is -2.17. The zero-order valence-corrected chi connectivity index (χ0v) is 17.3. The third-order valence-electron chi connectivity index (χ3n) is 5.07. The second-order valence-electron chi connectivity index (χ2n) is 6.97. The molecule has 5 rings (SSSR count). The molecular weight excluding hydrogens is 421 g/mol. The molecule has 0 aliphatic carbocycles. The van der Waals surface area contributed by atoms with Crippen molar-refractivity contribution in [3.8, 4) is 22.5 Å². The molecule has 0 unspecified atom stereocenters. The molecular formula is C22H17Cl2N5O. The highest BCUT2D eigenvalue weighted by Gasteiger charge is 2.22. The molecule has 3 aliphatic rings. The summed E-state index contributed by atoms with van der Waals surface area (Å²) >= 11 is 12.7. The maximum absolute atomic E-state index is 9.37. The standard InChI is InChI=1S/C22H17Cl2N5O/c23-17-4-2-1-3-15(17)16-10-14-11-26-22(28-20(14)29-8-7-25-21(16)29)27-19-9-13(12-30)5-6-18(19)24/h1-6,9-11,25,30H,7-8,12H2. The van der Waals surface area contributed by atoms with Crippen LogP contribution in [0.3, 0.4) is 0 Å². The molecule has 0 spiro atoms. The number of fused-ring (bicyclic) bond motifs is 3. The average Bonchev–Trinajstić information content (AvgIpc) is 3.26. The van der Waals surface area contributed by atoms with E-state index in [4.69, 9.17) is 23.2 Å². The Morgan fingerprint density at radius 1 is 1.07 bits per heavy atom. The van der Waals surface area contributed by atoms with E-state index in [1.807, 2.05) is 30.3 Å². The summed E-state index contributed by atoms with van der Waals surface area (Å²) < 4.78 is 2.13. The molecule has 3 aliphatic heterocycles. The molecule has 0 amide bonds. The quantitative estimate of drug-likeness (QED) is 0.494. The molecule has 8 heteroatoms. The second kappa shape index (κ2) is 7.72. The zero-order chi connectivity index (χ0) is 20.7. The Kier molecular flexibility index (Phi) is 4.90. The van der Waals surface area contributed by atoms with Gasteiger partial charge in [-0.25, -0.2) is 9.98 Å². The number of halogens is 2. The van der Waals surface area contributed by atoms with Crippen LogP contribution in [0, 0.1) is 0 Å². The lowest BCUT2D eigenvalue weighted by Crippen LogP contribution is -2.17. The summed E-state index contributed by atoms with van der Waals surface area (Å²) in [4.78, 5) is 13.6. The number of nitrogens with one attached hydrogen (secondary N) is 1. The molecule has 0 saturated heterocycles. The Morgan fingerprint density at radius 2 is 1.93 bits per heavy atom. The number of anilines is 1. The highest BCUT2D eigenvalue weighted by molar-refractivity contribution is 6.33. The van der Waals surface area contributed by atoms with Crippen molar-refractivity contribution >= 4 is 34.7 Å². The molecule has 0 bridgehead atoms. The van der Waals surface area contributed by atoms with Crippen molar-refractivity contribution < 1.29 is 5.11 Å². The summed E-state index contributed by atoms with van der Waals surface area (Å²) in [5.41, 5.74) is 4.43. The first-order valence-corrected chi connectivity index (χ1v) is 10.2. The normalized spacial score (nSPS) is 13.5. The largest absolute Gasteiger partial charge is 0.392 e. The molecule has 150 valence electrons. The van der Waals surface area contributed by atoms with Crippen LogP contribution in [0.1, 0.15) is 5.56 Å².